The highest BCUT2D eigenvalue weighted by molar-refractivity contribution is 9.10. The van der Waals surface area contributed by atoms with Crippen LogP contribution in [0.3, 0.4) is 0 Å². The molecule has 3 nitrogen and oxygen atoms in total. The van der Waals surface area contributed by atoms with E-state index < -0.39 is 0 Å². The number of hydrogen-bond donors (Lipinski definition) is 1. The summed E-state index contributed by atoms with van der Waals surface area (Å²) in [5.74, 6) is 0.598. The van der Waals surface area contributed by atoms with E-state index >= 15 is 0 Å². The lowest BCUT2D eigenvalue weighted by molar-refractivity contribution is 0.0787. The summed E-state index contributed by atoms with van der Waals surface area (Å²) in [6.45, 7) is 4.26. The van der Waals surface area contributed by atoms with Crippen LogP contribution < -0.4 is 5.73 Å². The summed E-state index contributed by atoms with van der Waals surface area (Å²) in [5.41, 5.74) is 7.45. The average molecular weight is 297 g/mol. The summed E-state index contributed by atoms with van der Waals surface area (Å²) < 4.78 is 1.01. The molecule has 17 heavy (non-hydrogen) atoms. The number of amides is 1. The summed E-state index contributed by atoms with van der Waals surface area (Å²) in [6, 6.07) is 5.78. The minimum absolute atomic E-state index is 0.131. The highest BCUT2D eigenvalue weighted by Gasteiger charge is 2.26. The van der Waals surface area contributed by atoms with Crippen molar-refractivity contribution < 1.29 is 4.79 Å². The van der Waals surface area contributed by atoms with Gasteiger partial charge in [-0.3, -0.25) is 4.79 Å². The first kappa shape index (κ1) is 12.6. The van der Waals surface area contributed by atoms with Crippen molar-refractivity contribution in [1.82, 2.24) is 4.90 Å². The number of likely N-dealkylation sites (tertiary alicyclic amines) is 1. The number of nitrogens with zero attached hydrogens (tertiary/aromatic N) is 1. The number of halogens is 1. The summed E-state index contributed by atoms with van der Waals surface area (Å²) in [5, 5.41) is 0. The Morgan fingerprint density at radius 1 is 1.59 bits per heavy atom. The second-order valence-electron chi connectivity index (χ2n) is 4.60. The van der Waals surface area contributed by atoms with Gasteiger partial charge in [0.05, 0.1) is 0 Å². The Kier molecular flexibility index (Phi) is 3.84. The van der Waals surface area contributed by atoms with Gasteiger partial charge in [-0.25, -0.2) is 0 Å². The molecule has 0 aromatic heterocycles. The van der Waals surface area contributed by atoms with Gasteiger partial charge in [0.25, 0.3) is 5.91 Å². The van der Waals surface area contributed by atoms with Crippen LogP contribution in [0, 0.1) is 12.8 Å². The van der Waals surface area contributed by atoms with Crippen molar-refractivity contribution >= 4 is 21.8 Å². The van der Waals surface area contributed by atoms with Crippen molar-refractivity contribution in [2.75, 3.05) is 19.6 Å². The molecule has 0 spiro atoms. The predicted molar refractivity (Wildman–Crippen MR) is 71.9 cm³/mol. The van der Waals surface area contributed by atoms with Gasteiger partial charge in [0, 0.05) is 23.1 Å². The molecule has 1 aromatic rings. The molecule has 1 atom stereocenters. The maximum Gasteiger partial charge on any atom is 0.254 e. The fourth-order valence-corrected chi connectivity index (χ4v) is 2.72. The van der Waals surface area contributed by atoms with E-state index in [1.165, 1.54) is 0 Å². The fourth-order valence-electron chi connectivity index (χ4n) is 2.25. The average Bonchev–Trinajstić information content (AvgIpc) is 2.76. The third-order valence-electron chi connectivity index (χ3n) is 3.33. The molecule has 0 aliphatic carbocycles. The normalized spacial score (nSPS) is 19.7. The maximum absolute atomic E-state index is 12.3. The van der Waals surface area contributed by atoms with Crippen molar-refractivity contribution in [3.05, 3.63) is 33.8 Å². The number of rotatable bonds is 2. The van der Waals surface area contributed by atoms with Crippen molar-refractivity contribution in [2.24, 2.45) is 11.7 Å². The first-order valence-electron chi connectivity index (χ1n) is 5.87. The molecular formula is C13H17BrN2O. The van der Waals surface area contributed by atoms with Crippen LogP contribution in [-0.4, -0.2) is 30.4 Å². The zero-order chi connectivity index (χ0) is 12.4. The maximum atomic E-state index is 12.3. The van der Waals surface area contributed by atoms with Gasteiger partial charge < -0.3 is 10.6 Å². The van der Waals surface area contributed by atoms with Crippen LogP contribution in [0.1, 0.15) is 22.3 Å². The standard InChI is InChI=1S/C13H17BrN2O/c1-9-6-11(14)2-3-12(9)13(17)16-5-4-10(7-15)8-16/h2-3,6,10H,4-5,7-8,15H2,1H3. The Labute approximate surface area is 110 Å². The van der Waals surface area contributed by atoms with E-state index in [0.29, 0.717) is 12.5 Å². The monoisotopic (exact) mass is 296 g/mol. The summed E-state index contributed by atoms with van der Waals surface area (Å²) in [6.07, 6.45) is 1.03. The SMILES string of the molecule is Cc1cc(Br)ccc1C(=O)N1CCC(CN)C1. The van der Waals surface area contributed by atoms with Crippen LogP contribution in [0.4, 0.5) is 0 Å². The zero-order valence-corrected chi connectivity index (χ0v) is 11.5. The van der Waals surface area contributed by atoms with Gasteiger partial charge >= 0.3 is 0 Å². The zero-order valence-electron chi connectivity index (χ0n) is 9.95. The molecule has 1 saturated heterocycles. The topological polar surface area (TPSA) is 46.3 Å². The molecule has 1 aliphatic heterocycles. The van der Waals surface area contributed by atoms with E-state index in [1.807, 2.05) is 30.0 Å². The predicted octanol–water partition coefficient (Wildman–Crippen LogP) is 2.18. The lowest BCUT2D eigenvalue weighted by Crippen LogP contribution is -2.30. The van der Waals surface area contributed by atoms with Crippen LogP contribution in [0.2, 0.25) is 0 Å². The van der Waals surface area contributed by atoms with Gasteiger partial charge in [-0.05, 0) is 49.6 Å². The molecule has 0 radical (unpaired) electrons. The van der Waals surface area contributed by atoms with Crippen molar-refractivity contribution in [2.45, 2.75) is 13.3 Å². The third kappa shape index (κ3) is 2.69. The van der Waals surface area contributed by atoms with Crippen LogP contribution >= 0.6 is 15.9 Å². The lowest BCUT2D eigenvalue weighted by atomic mass is 10.1. The summed E-state index contributed by atoms with van der Waals surface area (Å²) >= 11 is 3.41. The van der Waals surface area contributed by atoms with Crippen LogP contribution in [0.25, 0.3) is 0 Å². The number of hydrogen-bond acceptors (Lipinski definition) is 2. The Balaban J connectivity index is 2.15. The van der Waals surface area contributed by atoms with Crippen molar-refractivity contribution in [1.29, 1.82) is 0 Å². The van der Waals surface area contributed by atoms with Crippen LogP contribution in [0.5, 0.6) is 0 Å². The smallest absolute Gasteiger partial charge is 0.254 e. The number of aryl methyl sites for hydroxylation is 1. The van der Waals surface area contributed by atoms with Gasteiger partial charge in [0.1, 0.15) is 0 Å². The molecule has 0 saturated carbocycles. The van der Waals surface area contributed by atoms with E-state index in [2.05, 4.69) is 15.9 Å². The second-order valence-corrected chi connectivity index (χ2v) is 5.52. The van der Waals surface area contributed by atoms with Gasteiger partial charge in [-0.1, -0.05) is 15.9 Å². The van der Waals surface area contributed by atoms with Crippen LogP contribution in [0.15, 0.2) is 22.7 Å². The molecule has 92 valence electrons. The Morgan fingerprint density at radius 3 is 2.94 bits per heavy atom. The number of nitrogens with two attached hydrogens (primary N) is 1. The van der Waals surface area contributed by atoms with Crippen molar-refractivity contribution in [3.8, 4) is 0 Å². The van der Waals surface area contributed by atoms with Crippen molar-refractivity contribution in [3.63, 3.8) is 0 Å². The molecule has 1 unspecified atom stereocenters. The molecule has 0 bridgehead atoms. The summed E-state index contributed by atoms with van der Waals surface area (Å²) in [7, 11) is 0. The van der Waals surface area contributed by atoms with Gasteiger partial charge in [-0.2, -0.15) is 0 Å². The molecule has 4 heteroatoms. The number of carbonyl (C=O) groups excluding carboxylic acids is 1. The third-order valence-corrected chi connectivity index (χ3v) is 3.82. The van der Waals surface area contributed by atoms with E-state index in [0.717, 1.165) is 35.1 Å². The van der Waals surface area contributed by atoms with E-state index in [1.54, 1.807) is 0 Å². The van der Waals surface area contributed by atoms with Gasteiger partial charge in [0.2, 0.25) is 0 Å². The van der Waals surface area contributed by atoms with Gasteiger partial charge in [-0.15, -0.1) is 0 Å². The first-order valence-corrected chi connectivity index (χ1v) is 6.66. The summed E-state index contributed by atoms with van der Waals surface area (Å²) in [4.78, 5) is 14.2. The molecule has 1 fully saturated rings. The molecule has 2 N–H and O–H groups in total. The largest absolute Gasteiger partial charge is 0.338 e. The molecule has 1 heterocycles. The molecule has 1 amide bonds. The highest BCUT2D eigenvalue weighted by Crippen LogP contribution is 2.21. The highest BCUT2D eigenvalue weighted by atomic mass is 79.9. The lowest BCUT2D eigenvalue weighted by Gasteiger charge is -2.17. The Morgan fingerprint density at radius 2 is 2.35 bits per heavy atom. The number of carbonyl (C=O) groups is 1. The quantitative estimate of drug-likeness (QED) is 0.909. The van der Waals surface area contributed by atoms with Gasteiger partial charge in [0.15, 0.2) is 0 Å². The molecule has 2 rings (SSSR count). The van der Waals surface area contributed by atoms with E-state index in [4.69, 9.17) is 5.73 Å². The van der Waals surface area contributed by atoms with E-state index in [-0.39, 0.29) is 5.91 Å². The van der Waals surface area contributed by atoms with E-state index in [9.17, 15) is 4.79 Å². The minimum Gasteiger partial charge on any atom is -0.338 e. The molecule has 1 aromatic carbocycles. The minimum atomic E-state index is 0.131. The Hall–Kier alpha value is -0.870. The number of benzene rings is 1. The molecule has 1 aliphatic rings. The molecular weight excluding hydrogens is 280 g/mol. The first-order chi connectivity index (χ1) is 8.11. The fraction of sp³-hybridized carbons (Fsp3) is 0.462. The Bertz CT molecular complexity index is 433. The second kappa shape index (κ2) is 5.19. The van der Waals surface area contributed by atoms with Crippen LogP contribution in [-0.2, 0) is 0 Å².